The van der Waals surface area contributed by atoms with Crippen LogP contribution in [-0.4, -0.2) is 20.1 Å². The zero-order chi connectivity index (χ0) is 16.3. The lowest BCUT2D eigenvalue weighted by atomic mass is 10.1. The van der Waals surface area contributed by atoms with E-state index in [0.29, 0.717) is 22.8 Å². The van der Waals surface area contributed by atoms with Gasteiger partial charge in [-0.3, -0.25) is 4.79 Å². The quantitative estimate of drug-likeness (QED) is 0.919. The van der Waals surface area contributed by atoms with Crippen molar-refractivity contribution in [3.8, 4) is 11.5 Å². The molecule has 0 aliphatic carbocycles. The Hall–Kier alpha value is -2.43. The summed E-state index contributed by atoms with van der Waals surface area (Å²) in [5.74, 6) is 2.55. The molecule has 0 bridgehead atoms. The molecule has 1 aromatic heterocycles. The van der Waals surface area contributed by atoms with Crippen LogP contribution < -0.4 is 14.8 Å². The van der Waals surface area contributed by atoms with Crippen molar-refractivity contribution in [1.82, 2.24) is 5.32 Å². The van der Waals surface area contributed by atoms with Crippen LogP contribution in [0.15, 0.2) is 28.7 Å². The molecule has 0 aliphatic rings. The Morgan fingerprint density at radius 1 is 1.18 bits per heavy atom. The minimum Gasteiger partial charge on any atom is -0.497 e. The molecule has 0 radical (unpaired) electrons. The number of carbonyl (C=O) groups excluding carboxylic acids is 1. The maximum absolute atomic E-state index is 12.3. The number of aryl methyl sites for hydroxylation is 2. The average Bonchev–Trinajstić information content (AvgIpc) is 2.85. The summed E-state index contributed by atoms with van der Waals surface area (Å²) < 4.78 is 16.0. The summed E-state index contributed by atoms with van der Waals surface area (Å²) >= 11 is 0. The molecule has 1 N–H and O–H groups in total. The summed E-state index contributed by atoms with van der Waals surface area (Å²) in [4.78, 5) is 12.3. The van der Waals surface area contributed by atoms with Gasteiger partial charge in [0.05, 0.1) is 25.8 Å². The van der Waals surface area contributed by atoms with Crippen molar-refractivity contribution in [3.05, 3.63) is 46.9 Å². The smallest absolute Gasteiger partial charge is 0.255 e. The number of carbonyl (C=O) groups is 1. The summed E-state index contributed by atoms with van der Waals surface area (Å²) in [5.41, 5.74) is 1.44. The normalized spacial score (nSPS) is 11.9. The summed E-state index contributed by atoms with van der Waals surface area (Å²) in [6.45, 7) is 5.50. The molecule has 0 saturated heterocycles. The van der Waals surface area contributed by atoms with E-state index in [2.05, 4.69) is 5.32 Å². The third-order valence-corrected chi connectivity index (χ3v) is 3.54. The number of hydrogen-bond acceptors (Lipinski definition) is 4. The number of hydrogen-bond donors (Lipinski definition) is 1. The lowest BCUT2D eigenvalue weighted by Crippen LogP contribution is -2.27. The molecular weight excluding hydrogens is 282 g/mol. The summed E-state index contributed by atoms with van der Waals surface area (Å²) in [7, 11) is 3.19. The standard InChI is InChI=1S/C17H21NO4/c1-10-8-15(12(3)22-10)17(19)18-11(2)14-7-6-13(20-4)9-16(14)21-5/h6-9,11H,1-5H3,(H,18,19). The van der Waals surface area contributed by atoms with Gasteiger partial charge in [-0.1, -0.05) is 0 Å². The Bertz CT molecular complexity index is 675. The Kier molecular flexibility index (Phi) is 4.75. The molecule has 0 spiro atoms. The van der Waals surface area contributed by atoms with E-state index in [9.17, 15) is 4.79 Å². The van der Waals surface area contributed by atoms with Crippen LogP contribution in [0, 0.1) is 13.8 Å². The molecule has 2 aromatic rings. The zero-order valence-electron chi connectivity index (χ0n) is 13.5. The van der Waals surface area contributed by atoms with Crippen molar-refractivity contribution < 1.29 is 18.7 Å². The minimum atomic E-state index is -0.206. The van der Waals surface area contributed by atoms with Crippen molar-refractivity contribution in [2.45, 2.75) is 26.8 Å². The van der Waals surface area contributed by atoms with Gasteiger partial charge in [-0.15, -0.1) is 0 Å². The molecule has 22 heavy (non-hydrogen) atoms. The van der Waals surface area contributed by atoms with E-state index in [1.165, 1.54) is 0 Å². The number of benzene rings is 1. The highest BCUT2D eigenvalue weighted by Gasteiger charge is 2.18. The number of ether oxygens (including phenoxy) is 2. The number of amides is 1. The van der Waals surface area contributed by atoms with Gasteiger partial charge in [-0.25, -0.2) is 0 Å². The second-order valence-corrected chi connectivity index (χ2v) is 5.13. The topological polar surface area (TPSA) is 60.7 Å². The van der Waals surface area contributed by atoms with Crippen LogP contribution in [0.4, 0.5) is 0 Å². The average molecular weight is 303 g/mol. The van der Waals surface area contributed by atoms with Crippen LogP contribution in [0.5, 0.6) is 11.5 Å². The summed E-state index contributed by atoms with van der Waals surface area (Å²) in [6.07, 6.45) is 0. The van der Waals surface area contributed by atoms with Crippen molar-refractivity contribution in [2.75, 3.05) is 14.2 Å². The molecule has 0 saturated carbocycles. The van der Waals surface area contributed by atoms with Crippen LogP contribution in [-0.2, 0) is 0 Å². The van der Waals surface area contributed by atoms with Gasteiger partial charge in [0.15, 0.2) is 0 Å². The van der Waals surface area contributed by atoms with Crippen LogP contribution in [0.25, 0.3) is 0 Å². The van der Waals surface area contributed by atoms with Gasteiger partial charge >= 0.3 is 0 Å². The highest BCUT2D eigenvalue weighted by Crippen LogP contribution is 2.29. The van der Waals surface area contributed by atoms with Crippen molar-refractivity contribution >= 4 is 5.91 Å². The predicted molar refractivity (Wildman–Crippen MR) is 83.6 cm³/mol. The third-order valence-electron chi connectivity index (χ3n) is 3.54. The number of rotatable bonds is 5. The highest BCUT2D eigenvalue weighted by molar-refractivity contribution is 5.95. The molecule has 5 heteroatoms. The zero-order valence-corrected chi connectivity index (χ0v) is 13.5. The monoisotopic (exact) mass is 303 g/mol. The molecule has 1 heterocycles. The first-order valence-electron chi connectivity index (χ1n) is 7.06. The number of furan rings is 1. The predicted octanol–water partition coefficient (Wildman–Crippen LogP) is 3.40. The summed E-state index contributed by atoms with van der Waals surface area (Å²) in [6, 6.07) is 7.06. The Morgan fingerprint density at radius 2 is 1.91 bits per heavy atom. The van der Waals surface area contributed by atoms with E-state index in [0.717, 1.165) is 11.3 Å². The van der Waals surface area contributed by atoms with Gasteiger partial charge in [0.25, 0.3) is 5.91 Å². The minimum absolute atomic E-state index is 0.167. The Morgan fingerprint density at radius 3 is 2.45 bits per heavy atom. The van der Waals surface area contributed by atoms with E-state index in [1.807, 2.05) is 26.0 Å². The molecule has 2 rings (SSSR count). The first-order chi connectivity index (χ1) is 10.5. The molecule has 118 valence electrons. The van der Waals surface area contributed by atoms with Crippen molar-refractivity contribution in [2.24, 2.45) is 0 Å². The second-order valence-electron chi connectivity index (χ2n) is 5.13. The van der Waals surface area contributed by atoms with Gasteiger partial charge in [-0.05, 0) is 39.0 Å². The Labute approximate surface area is 130 Å². The molecule has 1 aromatic carbocycles. The van der Waals surface area contributed by atoms with E-state index in [-0.39, 0.29) is 11.9 Å². The highest BCUT2D eigenvalue weighted by atomic mass is 16.5. The molecule has 0 aliphatic heterocycles. The fraction of sp³-hybridized carbons (Fsp3) is 0.353. The van der Waals surface area contributed by atoms with E-state index >= 15 is 0 Å². The first kappa shape index (κ1) is 15.9. The van der Waals surface area contributed by atoms with Gasteiger partial charge in [0.1, 0.15) is 23.0 Å². The molecule has 1 amide bonds. The second kappa shape index (κ2) is 6.56. The molecule has 0 fully saturated rings. The van der Waals surface area contributed by atoms with Gasteiger partial charge in [0.2, 0.25) is 0 Å². The largest absolute Gasteiger partial charge is 0.497 e. The fourth-order valence-electron chi connectivity index (χ4n) is 2.38. The first-order valence-corrected chi connectivity index (χ1v) is 7.06. The van der Waals surface area contributed by atoms with Crippen LogP contribution in [0.1, 0.15) is 40.4 Å². The van der Waals surface area contributed by atoms with E-state index in [4.69, 9.17) is 13.9 Å². The van der Waals surface area contributed by atoms with E-state index in [1.54, 1.807) is 33.3 Å². The van der Waals surface area contributed by atoms with Crippen LogP contribution >= 0.6 is 0 Å². The molecule has 5 nitrogen and oxygen atoms in total. The molecule has 1 atom stereocenters. The third kappa shape index (κ3) is 3.24. The van der Waals surface area contributed by atoms with Gasteiger partial charge in [0, 0.05) is 11.6 Å². The molecular formula is C17H21NO4. The number of methoxy groups -OCH3 is 2. The lowest BCUT2D eigenvalue weighted by molar-refractivity contribution is 0.0938. The van der Waals surface area contributed by atoms with Crippen molar-refractivity contribution in [3.63, 3.8) is 0 Å². The van der Waals surface area contributed by atoms with Crippen molar-refractivity contribution in [1.29, 1.82) is 0 Å². The Balaban J connectivity index is 2.20. The van der Waals surface area contributed by atoms with Crippen LogP contribution in [0.2, 0.25) is 0 Å². The lowest BCUT2D eigenvalue weighted by Gasteiger charge is -2.18. The van der Waals surface area contributed by atoms with Gasteiger partial charge in [-0.2, -0.15) is 0 Å². The SMILES string of the molecule is COc1ccc(C(C)NC(=O)c2cc(C)oc2C)c(OC)c1. The fourth-order valence-corrected chi connectivity index (χ4v) is 2.38. The molecule has 1 unspecified atom stereocenters. The maximum atomic E-state index is 12.3. The van der Waals surface area contributed by atoms with Gasteiger partial charge < -0.3 is 19.2 Å². The van der Waals surface area contributed by atoms with Crippen LogP contribution in [0.3, 0.4) is 0 Å². The van der Waals surface area contributed by atoms with E-state index < -0.39 is 0 Å². The number of nitrogens with one attached hydrogen (secondary N) is 1. The maximum Gasteiger partial charge on any atom is 0.255 e. The summed E-state index contributed by atoms with van der Waals surface area (Å²) in [5, 5.41) is 2.96.